The van der Waals surface area contributed by atoms with Crippen molar-refractivity contribution in [3.63, 3.8) is 0 Å². The molecule has 2 N–H and O–H groups in total. The first-order chi connectivity index (χ1) is 21.1. The molecular weight excluding hydrogens is 544 g/mol. The van der Waals surface area contributed by atoms with E-state index >= 15 is 0 Å². The minimum absolute atomic E-state index is 0.0134. The van der Waals surface area contributed by atoms with Crippen molar-refractivity contribution in [1.29, 1.82) is 0 Å². The maximum Gasteiger partial charge on any atom is 0.407 e. The third kappa shape index (κ3) is 8.31. The quantitative estimate of drug-likeness (QED) is 0.255. The van der Waals surface area contributed by atoms with Crippen molar-refractivity contribution >= 4 is 6.09 Å². The average Bonchev–Trinajstić information content (AvgIpc) is 3.49. The summed E-state index contributed by atoms with van der Waals surface area (Å²) in [5, 5.41) is 12.3. The Hall–Kier alpha value is -3.53. The van der Waals surface area contributed by atoms with Crippen molar-refractivity contribution in [2.45, 2.75) is 57.0 Å². The van der Waals surface area contributed by atoms with Crippen molar-refractivity contribution in [1.82, 2.24) is 10.2 Å². The molecule has 228 valence electrons. The number of rotatable bonds is 12. The summed E-state index contributed by atoms with van der Waals surface area (Å²) in [4.78, 5) is 14.4. The van der Waals surface area contributed by atoms with Gasteiger partial charge in [0.05, 0.1) is 25.4 Å². The summed E-state index contributed by atoms with van der Waals surface area (Å²) < 4.78 is 23.8. The minimum atomic E-state index is -0.533. The lowest BCUT2D eigenvalue weighted by Gasteiger charge is -2.39. The zero-order chi connectivity index (χ0) is 30.0. The van der Waals surface area contributed by atoms with Gasteiger partial charge in [-0.15, -0.1) is 0 Å². The Morgan fingerprint density at radius 3 is 2.60 bits per heavy atom. The molecule has 8 nitrogen and oxygen atoms in total. The molecule has 0 radical (unpaired) electrons. The number of methoxy groups -OCH3 is 1. The van der Waals surface area contributed by atoms with E-state index in [1.807, 2.05) is 48.5 Å². The highest BCUT2D eigenvalue weighted by Gasteiger charge is 2.35. The molecule has 0 aliphatic carbocycles. The second-order valence-corrected chi connectivity index (χ2v) is 11.2. The predicted octanol–water partition coefficient (Wildman–Crippen LogP) is 5.91. The average molecular weight is 587 g/mol. The molecule has 4 atom stereocenters. The molecule has 2 heterocycles. The van der Waals surface area contributed by atoms with Crippen molar-refractivity contribution < 1.29 is 28.8 Å². The van der Waals surface area contributed by atoms with E-state index in [4.69, 9.17) is 18.9 Å². The largest absolute Gasteiger partial charge is 0.445 e. The van der Waals surface area contributed by atoms with E-state index in [1.165, 1.54) is 12.5 Å². The van der Waals surface area contributed by atoms with Crippen molar-refractivity contribution in [2.24, 2.45) is 0 Å². The number of likely N-dealkylation sites (tertiary alicyclic amines) is 1. The fourth-order valence-corrected chi connectivity index (χ4v) is 5.90. The van der Waals surface area contributed by atoms with Gasteiger partial charge in [-0.1, -0.05) is 73.3 Å². The topological polar surface area (TPSA) is 89.5 Å². The summed E-state index contributed by atoms with van der Waals surface area (Å²) in [5.74, 6) is 0. The maximum absolute atomic E-state index is 11.9. The fraction of sp³-hybridized carbons (Fsp3) is 0.400. The van der Waals surface area contributed by atoms with E-state index in [0.29, 0.717) is 12.6 Å². The first-order valence-electron chi connectivity index (χ1n) is 15.0. The van der Waals surface area contributed by atoms with Crippen molar-refractivity contribution in [2.75, 3.05) is 33.4 Å². The number of nitrogens with one attached hydrogen (secondary N) is 1. The summed E-state index contributed by atoms with van der Waals surface area (Å²) in [6.07, 6.45) is 3.42. The maximum atomic E-state index is 11.9. The smallest absolute Gasteiger partial charge is 0.407 e. The van der Waals surface area contributed by atoms with Gasteiger partial charge in [0.2, 0.25) is 0 Å². The van der Waals surface area contributed by atoms with Crippen LogP contribution in [0.15, 0.2) is 85.5 Å². The van der Waals surface area contributed by atoms with E-state index in [0.717, 1.165) is 65.9 Å². The second-order valence-electron chi connectivity index (χ2n) is 11.2. The van der Waals surface area contributed by atoms with Crippen LogP contribution in [0.25, 0.3) is 11.1 Å². The van der Waals surface area contributed by atoms with Gasteiger partial charge in [0.15, 0.2) is 6.29 Å². The first-order valence-corrected chi connectivity index (χ1v) is 15.0. The zero-order valence-electron chi connectivity index (χ0n) is 24.8. The number of nitrogens with zero attached hydrogens (tertiary/aromatic N) is 1. The van der Waals surface area contributed by atoms with Crippen LogP contribution in [0.2, 0.25) is 0 Å². The van der Waals surface area contributed by atoms with Crippen LogP contribution in [-0.2, 0) is 32.1 Å². The molecule has 0 aromatic heterocycles. The SMILES string of the molecule is C=CCOC(=O)NCc1cccc(-c2cccc([C@H]3O[C@@H](CN4CCC[C@H]4COC)C[C@@H](c4ccc(CO)cc4)O3)c2)c1. The molecule has 5 rings (SSSR count). The van der Waals surface area contributed by atoms with Crippen LogP contribution in [0, 0.1) is 0 Å². The Balaban J connectivity index is 1.35. The highest BCUT2D eigenvalue weighted by molar-refractivity contribution is 5.68. The molecular formula is C35H42N2O6. The van der Waals surface area contributed by atoms with Crippen LogP contribution in [-0.4, -0.2) is 61.7 Å². The summed E-state index contributed by atoms with van der Waals surface area (Å²) in [6, 6.07) is 24.7. The summed E-state index contributed by atoms with van der Waals surface area (Å²) in [6.45, 7) is 6.70. The molecule has 3 aromatic rings. The monoisotopic (exact) mass is 586 g/mol. The van der Waals surface area contributed by atoms with Gasteiger partial charge in [-0.2, -0.15) is 0 Å². The molecule has 2 fully saturated rings. The van der Waals surface area contributed by atoms with Crippen LogP contribution >= 0.6 is 0 Å². The lowest BCUT2D eigenvalue weighted by molar-refractivity contribution is -0.253. The highest BCUT2D eigenvalue weighted by Crippen LogP contribution is 2.39. The summed E-state index contributed by atoms with van der Waals surface area (Å²) in [5.41, 5.74) is 5.93. The van der Waals surface area contributed by atoms with Crippen LogP contribution in [0.5, 0.6) is 0 Å². The Morgan fingerprint density at radius 1 is 1.05 bits per heavy atom. The molecule has 2 saturated heterocycles. The molecule has 2 aliphatic heterocycles. The number of aliphatic hydroxyl groups excluding tert-OH is 1. The Morgan fingerprint density at radius 2 is 1.84 bits per heavy atom. The van der Waals surface area contributed by atoms with E-state index in [9.17, 15) is 9.90 Å². The number of aliphatic hydroxyl groups is 1. The number of amides is 1. The number of carbonyl (C=O) groups is 1. The third-order valence-corrected chi connectivity index (χ3v) is 8.10. The second kappa shape index (κ2) is 15.3. The first kappa shape index (κ1) is 30.9. The van der Waals surface area contributed by atoms with Gasteiger partial charge in [-0.3, -0.25) is 4.90 Å². The van der Waals surface area contributed by atoms with Gasteiger partial charge in [0.1, 0.15) is 6.61 Å². The molecule has 0 bridgehead atoms. The summed E-state index contributed by atoms with van der Waals surface area (Å²) >= 11 is 0. The van der Waals surface area contributed by atoms with Crippen molar-refractivity contribution in [3.8, 4) is 11.1 Å². The van der Waals surface area contributed by atoms with Crippen LogP contribution in [0.1, 0.15) is 53.9 Å². The third-order valence-electron chi connectivity index (χ3n) is 8.10. The highest BCUT2D eigenvalue weighted by atomic mass is 16.7. The van der Waals surface area contributed by atoms with Gasteiger partial charge >= 0.3 is 6.09 Å². The number of benzene rings is 3. The van der Waals surface area contributed by atoms with Gasteiger partial charge < -0.3 is 29.4 Å². The number of hydrogen-bond acceptors (Lipinski definition) is 7. The van der Waals surface area contributed by atoms with Crippen LogP contribution < -0.4 is 5.32 Å². The van der Waals surface area contributed by atoms with Gasteiger partial charge in [0.25, 0.3) is 0 Å². The Kier molecular flexibility index (Phi) is 11.0. The molecule has 0 spiro atoms. The molecule has 3 aromatic carbocycles. The van der Waals surface area contributed by atoms with Crippen LogP contribution in [0.4, 0.5) is 4.79 Å². The molecule has 1 amide bonds. The van der Waals surface area contributed by atoms with Crippen molar-refractivity contribution in [3.05, 3.63) is 108 Å². The van der Waals surface area contributed by atoms with Gasteiger partial charge in [-0.25, -0.2) is 4.79 Å². The Labute approximate surface area is 254 Å². The molecule has 8 heteroatoms. The Bertz CT molecular complexity index is 1350. The summed E-state index contributed by atoms with van der Waals surface area (Å²) in [7, 11) is 1.76. The fourth-order valence-electron chi connectivity index (χ4n) is 5.90. The number of ether oxygens (including phenoxy) is 4. The molecule has 0 saturated carbocycles. The van der Waals surface area contributed by atoms with E-state index in [-0.39, 0.29) is 25.4 Å². The zero-order valence-corrected chi connectivity index (χ0v) is 24.8. The lowest BCUT2D eigenvalue weighted by Crippen LogP contribution is -2.42. The minimum Gasteiger partial charge on any atom is -0.445 e. The van der Waals surface area contributed by atoms with Gasteiger partial charge in [0, 0.05) is 38.2 Å². The van der Waals surface area contributed by atoms with Gasteiger partial charge in [-0.05, 0) is 59.3 Å². The van der Waals surface area contributed by atoms with Crippen LogP contribution in [0.3, 0.4) is 0 Å². The van der Waals surface area contributed by atoms with E-state index < -0.39 is 12.4 Å². The number of alkyl carbamates (subject to hydrolysis) is 1. The molecule has 2 aliphatic rings. The molecule has 43 heavy (non-hydrogen) atoms. The standard InChI is InChI=1S/C35H42N2O6/c1-3-17-41-35(39)36-21-26-7-4-8-28(18-26)29-9-5-10-30(19-29)34-42-32(22-37-16-6-11-31(37)24-40-2)20-33(43-34)27-14-12-25(23-38)13-15-27/h3-5,7-10,12-15,18-19,31-34,38H,1,6,11,16-17,20-24H2,2H3,(H,36,39)/t31-,32+,33-,34-/m0/s1. The number of carbonyl (C=O) groups excluding carboxylic acids is 1. The predicted molar refractivity (Wildman–Crippen MR) is 165 cm³/mol. The van der Waals surface area contributed by atoms with E-state index in [2.05, 4.69) is 41.1 Å². The number of hydrogen-bond donors (Lipinski definition) is 2. The molecule has 0 unspecified atom stereocenters. The van der Waals surface area contributed by atoms with E-state index in [1.54, 1.807) is 7.11 Å². The lowest BCUT2D eigenvalue weighted by atomic mass is 9.98. The normalized spacial score (nSPS) is 22.3.